The molecule has 1 aliphatic carbocycles. The highest BCUT2D eigenvalue weighted by Gasteiger charge is 2.41. The van der Waals surface area contributed by atoms with E-state index in [2.05, 4.69) is 10.3 Å². The van der Waals surface area contributed by atoms with Crippen molar-refractivity contribution in [3.05, 3.63) is 100 Å². The van der Waals surface area contributed by atoms with Gasteiger partial charge in [-0.05, 0) is 67.1 Å². The maximum Gasteiger partial charge on any atom is 0.416 e. The van der Waals surface area contributed by atoms with Crippen molar-refractivity contribution in [1.29, 1.82) is 0 Å². The minimum absolute atomic E-state index is 0.0109. The zero-order chi connectivity index (χ0) is 25.1. The quantitative estimate of drug-likeness (QED) is 0.364. The number of hydrogen-bond acceptors (Lipinski definition) is 3. The van der Waals surface area contributed by atoms with E-state index in [4.69, 9.17) is 16.3 Å². The molecule has 9 heteroatoms. The summed E-state index contributed by atoms with van der Waals surface area (Å²) in [6.07, 6.45) is -1.34. The van der Waals surface area contributed by atoms with Gasteiger partial charge in [0.2, 0.25) is 0 Å². The third-order valence-electron chi connectivity index (χ3n) is 6.09. The van der Waals surface area contributed by atoms with Gasteiger partial charge in [0, 0.05) is 12.6 Å². The van der Waals surface area contributed by atoms with Crippen LogP contribution in [-0.4, -0.2) is 17.2 Å². The first kappa shape index (κ1) is 25.0. The van der Waals surface area contributed by atoms with Crippen molar-refractivity contribution in [2.24, 2.45) is 0 Å². The molecule has 0 unspecified atom stereocenters. The number of halogens is 5. The number of carbonyl (C=O) groups is 1. The van der Waals surface area contributed by atoms with E-state index in [9.17, 15) is 22.4 Å². The molecule has 1 amide bonds. The number of benzene rings is 2. The van der Waals surface area contributed by atoms with E-state index in [1.807, 2.05) is 0 Å². The van der Waals surface area contributed by atoms with Crippen LogP contribution in [-0.2, 0) is 22.9 Å². The summed E-state index contributed by atoms with van der Waals surface area (Å²) in [6.45, 7) is 0. The lowest BCUT2D eigenvalue weighted by Crippen LogP contribution is -2.50. The van der Waals surface area contributed by atoms with Gasteiger partial charge in [-0.3, -0.25) is 4.98 Å². The Kier molecular flexibility index (Phi) is 7.31. The van der Waals surface area contributed by atoms with E-state index in [0.717, 1.165) is 25.0 Å². The summed E-state index contributed by atoms with van der Waals surface area (Å²) in [5, 5.41) is 3.06. The molecule has 2 aromatic carbocycles. The molecule has 3 aromatic rings. The van der Waals surface area contributed by atoms with Crippen LogP contribution in [0.3, 0.4) is 0 Å². The van der Waals surface area contributed by atoms with Gasteiger partial charge in [0.25, 0.3) is 0 Å². The van der Waals surface area contributed by atoms with Gasteiger partial charge in [-0.1, -0.05) is 41.9 Å². The van der Waals surface area contributed by atoms with E-state index in [1.165, 1.54) is 18.3 Å². The Morgan fingerprint density at radius 3 is 2.34 bits per heavy atom. The summed E-state index contributed by atoms with van der Waals surface area (Å²) in [5.74, 6) is -1.09. The van der Waals surface area contributed by atoms with Gasteiger partial charge in [-0.25, -0.2) is 9.18 Å². The minimum atomic E-state index is -4.80. The monoisotopic (exact) mass is 506 g/mol. The molecule has 0 saturated heterocycles. The van der Waals surface area contributed by atoms with Crippen LogP contribution in [0.1, 0.15) is 48.1 Å². The minimum Gasteiger partial charge on any atom is -0.446 e. The number of carbonyl (C=O) groups excluding carboxylic acids is 1. The fourth-order valence-electron chi connectivity index (χ4n) is 4.41. The number of nitrogens with one attached hydrogen (secondary N) is 1. The molecule has 1 heterocycles. The Balaban J connectivity index is 1.89. The molecule has 0 radical (unpaired) electrons. The zero-order valence-corrected chi connectivity index (χ0v) is 19.4. The number of rotatable bonds is 6. The van der Waals surface area contributed by atoms with Gasteiger partial charge in [0.1, 0.15) is 17.5 Å². The SMILES string of the molecule is O=C(N[C@@](Cc1ccccc1)(c1cc(F)cc(C(F)(F)F)c1)c1ccc(Cl)cn1)OC1CCCC1. The van der Waals surface area contributed by atoms with E-state index in [1.54, 1.807) is 30.3 Å². The highest BCUT2D eigenvalue weighted by Crippen LogP contribution is 2.38. The maximum absolute atomic E-state index is 14.6. The van der Waals surface area contributed by atoms with Gasteiger partial charge in [0.05, 0.1) is 16.3 Å². The van der Waals surface area contributed by atoms with Crippen molar-refractivity contribution in [1.82, 2.24) is 10.3 Å². The van der Waals surface area contributed by atoms with Crippen molar-refractivity contribution in [2.45, 2.75) is 49.9 Å². The first-order valence-electron chi connectivity index (χ1n) is 11.2. The molecule has 4 rings (SSSR count). The summed E-state index contributed by atoms with van der Waals surface area (Å²) in [5.41, 5.74) is -2.10. The third kappa shape index (κ3) is 5.93. The topological polar surface area (TPSA) is 51.2 Å². The second-order valence-electron chi connectivity index (χ2n) is 8.59. The third-order valence-corrected chi connectivity index (χ3v) is 6.31. The number of nitrogens with zero attached hydrogens (tertiary/aromatic N) is 1. The molecular weight excluding hydrogens is 484 g/mol. The summed E-state index contributed by atoms with van der Waals surface area (Å²) < 4.78 is 61.1. The van der Waals surface area contributed by atoms with Crippen LogP contribution in [0.15, 0.2) is 66.9 Å². The largest absolute Gasteiger partial charge is 0.446 e. The van der Waals surface area contributed by atoms with Crippen molar-refractivity contribution in [3.63, 3.8) is 0 Å². The molecular formula is C26H23ClF4N2O2. The molecule has 1 saturated carbocycles. The molecule has 35 heavy (non-hydrogen) atoms. The fraction of sp³-hybridized carbons (Fsp3) is 0.308. The Hall–Kier alpha value is -3.13. The number of hydrogen-bond donors (Lipinski definition) is 1. The van der Waals surface area contributed by atoms with Gasteiger partial charge in [0.15, 0.2) is 0 Å². The van der Waals surface area contributed by atoms with Crippen LogP contribution >= 0.6 is 11.6 Å². The van der Waals surface area contributed by atoms with Crippen molar-refractivity contribution in [2.75, 3.05) is 0 Å². The molecule has 4 nitrogen and oxygen atoms in total. The van der Waals surface area contributed by atoms with Crippen molar-refractivity contribution >= 4 is 17.7 Å². The molecule has 0 spiro atoms. The predicted octanol–water partition coefficient (Wildman–Crippen LogP) is 7.05. The Morgan fingerprint density at radius 2 is 1.71 bits per heavy atom. The zero-order valence-electron chi connectivity index (χ0n) is 18.6. The van der Waals surface area contributed by atoms with E-state index in [0.29, 0.717) is 29.5 Å². The first-order chi connectivity index (χ1) is 16.7. The normalized spacial score (nSPS) is 16.0. The average Bonchev–Trinajstić information content (AvgIpc) is 3.31. The van der Waals surface area contributed by atoms with Gasteiger partial charge >= 0.3 is 12.3 Å². The molecule has 184 valence electrons. The lowest BCUT2D eigenvalue weighted by atomic mass is 9.80. The van der Waals surface area contributed by atoms with E-state index < -0.39 is 29.2 Å². The molecule has 0 bridgehead atoms. The van der Waals surface area contributed by atoms with Crippen LogP contribution in [0.4, 0.5) is 22.4 Å². The van der Waals surface area contributed by atoms with Gasteiger partial charge < -0.3 is 10.1 Å². The van der Waals surface area contributed by atoms with Crippen molar-refractivity contribution < 1.29 is 27.1 Å². The van der Waals surface area contributed by atoms with Crippen LogP contribution in [0, 0.1) is 5.82 Å². The van der Waals surface area contributed by atoms with Crippen LogP contribution in [0.2, 0.25) is 5.02 Å². The van der Waals surface area contributed by atoms with Gasteiger partial charge in [-0.2, -0.15) is 13.2 Å². The molecule has 1 aliphatic rings. The fourth-order valence-corrected chi connectivity index (χ4v) is 4.52. The Morgan fingerprint density at radius 1 is 1.03 bits per heavy atom. The highest BCUT2D eigenvalue weighted by molar-refractivity contribution is 6.30. The summed E-state index contributed by atoms with van der Waals surface area (Å²) in [7, 11) is 0. The molecule has 1 N–H and O–H groups in total. The number of ether oxygens (including phenoxy) is 1. The van der Waals surface area contributed by atoms with Gasteiger partial charge in [-0.15, -0.1) is 0 Å². The molecule has 0 aliphatic heterocycles. The Bertz CT molecular complexity index is 1170. The molecule has 1 fully saturated rings. The average molecular weight is 507 g/mol. The maximum atomic E-state index is 14.6. The lowest BCUT2D eigenvalue weighted by molar-refractivity contribution is -0.137. The van der Waals surface area contributed by atoms with Crippen LogP contribution < -0.4 is 5.32 Å². The Labute approximate surface area is 205 Å². The predicted molar refractivity (Wildman–Crippen MR) is 123 cm³/mol. The molecule has 1 atom stereocenters. The number of pyridine rings is 1. The number of alkyl halides is 3. The summed E-state index contributed by atoms with van der Waals surface area (Å²) >= 11 is 6.01. The smallest absolute Gasteiger partial charge is 0.416 e. The number of aromatic nitrogens is 1. The summed E-state index contributed by atoms with van der Waals surface area (Å²) in [6, 6.07) is 14.1. The van der Waals surface area contributed by atoms with Crippen LogP contribution in [0.25, 0.3) is 0 Å². The second-order valence-corrected chi connectivity index (χ2v) is 9.03. The number of alkyl carbamates (subject to hydrolysis) is 1. The first-order valence-corrected chi connectivity index (χ1v) is 11.6. The van der Waals surface area contributed by atoms with E-state index >= 15 is 0 Å². The lowest BCUT2D eigenvalue weighted by Gasteiger charge is -2.35. The van der Waals surface area contributed by atoms with Crippen LogP contribution in [0.5, 0.6) is 0 Å². The van der Waals surface area contributed by atoms with E-state index in [-0.39, 0.29) is 23.8 Å². The number of amides is 1. The molecule has 1 aromatic heterocycles. The summed E-state index contributed by atoms with van der Waals surface area (Å²) in [4.78, 5) is 17.4. The second kappa shape index (κ2) is 10.2. The standard InChI is InChI=1S/C26H23ClF4N2O2/c27-20-10-11-23(32-16-20)25(15-17-6-2-1-3-7-17,33-24(34)35-22-8-4-5-9-22)18-12-19(26(29,30)31)14-21(28)13-18/h1-3,6-7,10-14,16,22H,4-5,8-9,15H2,(H,33,34)/t25-/m0/s1. The van der Waals surface area contributed by atoms with Crippen molar-refractivity contribution in [3.8, 4) is 0 Å². The highest BCUT2D eigenvalue weighted by atomic mass is 35.5.